The molecule has 0 unspecified atom stereocenters. The second-order valence-electron chi connectivity index (χ2n) is 4.72. The monoisotopic (exact) mass is 285 g/mol. The minimum Gasteiger partial charge on any atom is -0.396 e. The molecular weight excluding hydrogens is 269 g/mol. The molecule has 0 spiro atoms. The van der Waals surface area contributed by atoms with E-state index < -0.39 is 21.9 Å². The summed E-state index contributed by atoms with van der Waals surface area (Å²) in [6.45, 7) is 1.67. The van der Waals surface area contributed by atoms with Gasteiger partial charge in [0.15, 0.2) is 0 Å². The third kappa shape index (κ3) is 3.20. The van der Waals surface area contributed by atoms with Crippen molar-refractivity contribution in [2.45, 2.75) is 24.3 Å². The summed E-state index contributed by atoms with van der Waals surface area (Å²) in [4.78, 5) is -0.348. The molecule has 0 radical (unpaired) electrons. The topological polar surface area (TPSA) is 66.4 Å². The van der Waals surface area contributed by atoms with Gasteiger partial charge in [-0.15, -0.1) is 0 Å². The van der Waals surface area contributed by atoms with Crippen molar-refractivity contribution in [2.24, 2.45) is 5.92 Å². The Kier molecular flexibility index (Phi) is 4.03. The molecule has 2 N–H and O–H groups in total. The molecule has 1 aliphatic rings. The molecule has 0 bridgehead atoms. The standard InChI is InChI=1S/C13H16FNO3S/c1-9-2-5-13(12(14)6-9)19(17,18)15-11-4-3-10(7-11)8-16/h2-6,10-11,15-16H,7-8H2,1H3/t10-,11+/m0/s1. The van der Waals surface area contributed by atoms with E-state index in [2.05, 4.69) is 4.72 Å². The van der Waals surface area contributed by atoms with Crippen LogP contribution in [0.5, 0.6) is 0 Å². The van der Waals surface area contributed by atoms with Crippen LogP contribution in [0.1, 0.15) is 12.0 Å². The predicted octanol–water partition coefficient (Wildman–Crippen LogP) is 1.35. The van der Waals surface area contributed by atoms with Crippen LogP contribution in [0.15, 0.2) is 35.2 Å². The second kappa shape index (κ2) is 5.40. The molecule has 19 heavy (non-hydrogen) atoms. The van der Waals surface area contributed by atoms with Gasteiger partial charge in [-0.3, -0.25) is 0 Å². The second-order valence-corrected chi connectivity index (χ2v) is 6.41. The van der Waals surface area contributed by atoms with E-state index in [0.717, 1.165) is 0 Å². The molecule has 6 heteroatoms. The summed E-state index contributed by atoms with van der Waals surface area (Å²) in [6.07, 6.45) is 3.94. The van der Waals surface area contributed by atoms with Crippen molar-refractivity contribution in [1.82, 2.24) is 4.72 Å². The van der Waals surface area contributed by atoms with Gasteiger partial charge >= 0.3 is 0 Å². The first-order valence-corrected chi connectivity index (χ1v) is 7.48. The van der Waals surface area contributed by atoms with Gasteiger partial charge in [0.1, 0.15) is 10.7 Å². The van der Waals surface area contributed by atoms with Gasteiger partial charge in [-0.1, -0.05) is 18.2 Å². The van der Waals surface area contributed by atoms with Gasteiger partial charge in [0.25, 0.3) is 0 Å². The number of hydrogen-bond donors (Lipinski definition) is 2. The zero-order valence-corrected chi connectivity index (χ0v) is 11.3. The lowest BCUT2D eigenvalue weighted by molar-refractivity contribution is 0.248. The summed E-state index contributed by atoms with van der Waals surface area (Å²) < 4.78 is 40.3. The highest BCUT2D eigenvalue weighted by molar-refractivity contribution is 7.89. The quantitative estimate of drug-likeness (QED) is 0.821. The molecule has 104 valence electrons. The minimum absolute atomic E-state index is 0.0202. The highest BCUT2D eigenvalue weighted by atomic mass is 32.2. The zero-order valence-electron chi connectivity index (χ0n) is 10.5. The van der Waals surface area contributed by atoms with E-state index in [0.29, 0.717) is 12.0 Å². The van der Waals surface area contributed by atoms with Crippen molar-refractivity contribution >= 4 is 10.0 Å². The summed E-state index contributed by atoms with van der Waals surface area (Å²) in [7, 11) is -3.88. The molecule has 2 atom stereocenters. The Morgan fingerprint density at radius 3 is 2.74 bits per heavy atom. The van der Waals surface area contributed by atoms with E-state index in [1.807, 2.05) is 0 Å². The van der Waals surface area contributed by atoms with E-state index in [1.54, 1.807) is 25.1 Å². The predicted molar refractivity (Wildman–Crippen MR) is 69.6 cm³/mol. The first kappa shape index (κ1) is 14.2. The third-order valence-corrected chi connectivity index (χ3v) is 4.61. The first-order chi connectivity index (χ1) is 8.92. The summed E-state index contributed by atoms with van der Waals surface area (Å²) in [5.41, 5.74) is 0.664. The number of aliphatic hydroxyl groups excluding tert-OH is 1. The highest BCUT2D eigenvalue weighted by Crippen LogP contribution is 2.21. The van der Waals surface area contributed by atoms with Crippen LogP contribution in [0.3, 0.4) is 0 Å². The largest absolute Gasteiger partial charge is 0.396 e. The van der Waals surface area contributed by atoms with Crippen LogP contribution in [0.25, 0.3) is 0 Å². The molecule has 0 saturated carbocycles. The highest BCUT2D eigenvalue weighted by Gasteiger charge is 2.26. The molecular formula is C13H16FNO3S. The molecule has 2 rings (SSSR count). The number of rotatable bonds is 4. The van der Waals surface area contributed by atoms with Crippen molar-refractivity contribution in [1.29, 1.82) is 0 Å². The Hall–Kier alpha value is -1.24. The van der Waals surface area contributed by atoms with Gasteiger partial charge in [-0.2, -0.15) is 0 Å². The van der Waals surface area contributed by atoms with Crippen LogP contribution in [0, 0.1) is 18.7 Å². The van der Waals surface area contributed by atoms with Gasteiger partial charge in [-0.05, 0) is 31.0 Å². The SMILES string of the molecule is Cc1ccc(S(=O)(=O)N[C@@H]2C=C[C@H](CO)C2)c(F)c1. The van der Waals surface area contributed by atoms with Crippen molar-refractivity contribution in [3.63, 3.8) is 0 Å². The molecule has 0 amide bonds. The Balaban J connectivity index is 2.17. The van der Waals surface area contributed by atoms with Gasteiger partial charge in [0.2, 0.25) is 10.0 Å². The molecule has 4 nitrogen and oxygen atoms in total. The van der Waals surface area contributed by atoms with E-state index in [9.17, 15) is 12.8 Å². The molecule has 0 heterocycles. The number of nitrogens with one attached hydrogen (secondary N) is 1. The Bertz CT molecular complexity index is 598. The van der Waals surface area contributed by atoms with E-state index in [1.165, 1.54) is 12.1 Å². The van der Waals surface area contributed by atoms with Crippen LogP contribution < -0.4 is 4.72 Å². The normalized spacial score (nSPS) is 22.9. The third-order valence-electron chi connectivity index (χ3n) is 3.09. The van der Waals surface area contributed by atoms with Gasteiger partial charge < -0.3 is 5.11 Å². The molecule has 0 fully saturated rings. The smallest absolute Gasteiger partial charge is 0.244 e. The number of halogens is 1. The first-order valence-electron chi connectivity index (χ1n) is 6.00. The fourth-order valence-electron chi connectivity index (χ4n) is 2.08. The molecule has 1 aromatic carbocycles. The summed E-state index contributed by atoms with van der Waals surface area (Å²) in [5.74, 6) is -0.802. The Labute approximate surface area is 112 Å². The van der Waals surface area contributed by atoms with Gasteiger partial charge in [0, 0.05) is 18.6 Å². The zero-order chi connectivity index (χ0) is 14.0. The lowest BCUT2D eigenvalue weighted by Gasteiger charge is -2.13. The molecule has 1 aliphatic carbocycles. The average Bonchev–Trinajstić information content (AvgIpc) is 2.75. The summed E-state index contributed by atoms with van der Waals surface area (Å²) in [6, 6.07) is 3.60. The van der Waals surface area contributed by atoms with Crippen molar-refractivity contribution in [3.05, 3.63) is 41.7 Å². The summed E-state index contributed by atoms with van der Waals surface area (Å²) >= 11 is 0. The molecule has 0 aliphatic heterocycles. The average molecular weight is 285 g/mol. The molecule has 0 aromatic heterocycles. The minimum atomic E-state index is -3.88. The van der Waals surface area contributed by atoms with Crippen molar-refractivity contribution in [2.75, 3.05) is 6.61 Å². The molecule has 1 aromatic rings. The van der Waals surface area contributed by atoms with Crippen molar-refractivity contribution in [3.8, 4) is 0 Å². The maximum Gasteiger partial charge on any atom is 0.244 e. The number of aliphatic hydroxyl groups is 1. The van der Waals surface area contributed by atoms with E-state index >= 15 is 0 Å². The maximum absolute atomic E-state index is 13.7. The van der Waals surface area contributed by atoms with E-state index in [4.69, 9.17) is 5.11 Å². The van der Waals surface area contributed by atoms with Crippen LogP contribution in [-0.4, -0.2) is 26.2 Å². The summed E-state index contributed by atoms with van der Waals surface area (Å²) in [5, 5.41) is 8.99. The van der Waals surface area contributed by atoms with Crippen LogP contribution in [0.2, 0.25) is 0 Å². The van der Waals surface area contributed by atoms with Gasteiger partial charge in [-0.25, -0.2) is 17.5 Å². The van der Waals surface area contributed by atoms with Gasteiger partial charge in [0.05, 0.1) is 0 Å². The molecule has 0 saturated heterocycles. The Morgan fingerprint density at radius 1 is 1.42 bits per heavy atom. The van der Waals surface area contributed by atoms with Crippen molar-refractivity contribution < 1.29 is 17.9 Å². The fraction of sp³-hybridized carbons (Fsp3) is 0.385. The number of sulfonamides is 1. The van der Waals surface area contributed by atoms with E-state index in [-0.39, 0.29) is 17.4 Å². The van der Waals surface area contributed by atoms with Crippen LogP contribution >= 0.6 is 0 Å². The number of aryl methyl sites for hydroxylation is 1. The lowest BCUT2D eigenvalue weighted by atomic mass is 10.1. The lowest BCUT2D eigenvalue weighted by Crippen LogP contribution is -2.33. The Morgan fingerprint density at radius 2 is 2.16 bits per heavy atom. The van der Waals surface area contributed by atoms with Crippen LogP contribution in [0.4, 0.5) is 4.39 Å². The number of hydrogen-bond acceptors (Lipinski definition) is 3. The maximum atomic E-state index is 13.7. The fourth-order valence-corrected chi connectivity index (χ4v) is 3.35. The van der Waals surface area contributed by atoms with Crippen LogP contribution in [-0.2, 0) is 10.0 Å². The number of benzene rings is 1.